The van der Waals surface area contributed by atoms with Gasteiger partial charge in [-0.25, -0.2) is 0 Å². The molecule has 2 aliphatic carbocycles. The first kappa shape index (κ1) is 14.8. The first-order chi connectivity index (χ1) is 8.73. The first-order valence-electron chi connectivity index (χ1n) is 7.42. The van der Waals surface area contributed by atoms with Crippen LogP contribution in [0, 0.1) is 5.92 Å². The number of hydrogen-bond acceptors (Lipinski definition) is 2. The van der Waals surface area contributed by atoms with Crippen molar-refractivity contribution in [2.45, 2.75) is 68.2 Å². The molecule has 2 fully saturated rings. The Morgan fingerprint density at radius 3 is 2.00 bits per heavy atom. The van der Waals surface area contributed by atoms with E-state index in [-0.39, 0.29) is 0 Å². The molecule has 4 heteroatoms. The van der Waals surface area contributed by atoms with Crippen LogP contribution in [-0.4, -0.2) is 28.9 Å². The van der Waals surface area contributed by atoms with Crippen LogP contribution >= 0.6 is 11.6 Å². The molecule has 0 aliphatic heterocycles. The van der Waals surface area contributed by atoms with Crippen LogP contribution in [0.1, 0.15) is 57.8 Å². The molecule has 0 bridgehead atoms. The Labute approximate surface area is 118 Å². The predicted octanol–water partition coefficient (Wildman–Crippen LogP) is 4.00. The minimum atomic E-state index is -1.55. The van der Waals surface area contributed by atoms with Crippen molar-refractivity contribution in [1.82, 2.24) is 0 Å². The largest absolute Gasteiger partial charge is 0.400 e. The van der Waals surface area contributed by atoms with E-state index in [2.05, 4.69) is 0 Å². The molecular weight excluding hydrogens is 264 g/mol. The first-order valence-corrected chi connectivity index (χ1v) is 9.38. The molecule has 18 heavy (non-hydrogen) atoms. The summed E-state index contributed by atoms with van der Waals surface area (Å²) in [6.07, 6.45) is 11.7. The van der Waals surface area contributed by atoms with Gasteiger partial charge < -0.3 is 8.85 Å². The fraction of sp³-hybridized carbons (Fsp3) is 1.00. The summed E-state index contributed by atoms with van der Waals surface area (Å²) in [6, 6.07) is 0. The van der Waals surface area contributed by atoms with Gasteiger partial charge in [-0.05, 0) is 44.4 Å². The summed E-state index contributed by atoms with van der Waals surface area (Å²) in [6.45, 7) is 0. The van der Waals surface area contributed by atoms with E-state index < -0.39 is 9.28 Å². The van der Waals surface area contributed by atoms with Gasteiger partial charge in [-0.1, -0.05) is 19.3 Å². The Kier molecular flexibility index (Phi) is 5.55. The van der Waals surface area contributed by atoms with Crippen LogP contribution in [0.15, 0.2) is 0 Å². The minimum absolute atomic E-state index is 0.388. The average Bonchev–Trinajstić information content (AvgIpc) is 2.42. The van der Waals surface area contributed by atoms with E-state index in [1.165, 1.54) is 57.8 Å². The van der Waals surface area contributed by atoms with Crippen molar-refractivity contribution in [2.75, 3.05) is 14.2 Å². The quantitative estimate of drug-likeness (QED) is 0.575. The normalized spacial score (nSPS) is 32.7. The molecule has 2 saturated carbocycles. The smallest absolute Gasteiger partial charge is 0.327 e. The maximum Gasteiger partial charge on any atom is 0.327 e. The lowest BCUT2D eigenvalue weighted by atomic mass is 9.72. The van der Waals surface area contributed by atoms with Crippen molar-refractivity contribution < 1.29 is 8.85 Å². The van der Waals surface area contributed by atoms with Crippen LogP contribution < -0.4 is 0 Å². The van der Waals surface area contributed by atoms with Gasteiger partial charge in [-0.15, -0.1) is 11.6 Å². The average molecular weight is 291 g/mol. The fourth-order valence-electron chi connectivity index (χ4n) is 4.24. The standard InChI is InChI=1S/C14H27ClO2Si/c1-16-18(17-2)14(10-4-3-5-11-14)12-6-8-13(15)9-7-12/h12-13,18H,3-11H2,1-2H3. The highest BCUT2D eigenvalue weighted by atomic mass is 35.5. The minimum Gasteiger partial charge on any atom is -0.400 e. The highest BCUT2D eigenvalue weighted by Crippen LogP contribution is 2.56. The van der Waals surface area contributed by atoms with Crippen molar-refractivity contribution in [3.63, 3.8) is 0 Å². The lowest BCUT2D eigenvalue weighted by Gasteiger charge is -2.48. The summed E-state index contributed by atoms with van der Waals surface area (Å²) in [5, 5.41) is 0.797. The highest BCUT2D eigenvalue weighted by Gasteiger charge is 2.49. The van der Waals surface area contributed by atoms with Crippen molar-refractivity contribution >= 4 is 20.9 Å². The number of halogens is 1. The molecule has 2 aliphatic rings. The van der Waals surface area contributed by atoms with Gasteiger partial charge in [-0.2, -0.15) is 0 Å². The summed E-state index contributed by atoms with van der Waals surface area (Å²) >= 11 is 6.26. The van der Waals surface area contributed by atoms with Gasteiger partial charge in [0.25, 0.3) is 0 Å². The summed E-state index contributed by atoms with van der Waals surface area (Å²) < 4.78 is 11.6. The van der Waals surface area contributed by atoms with Gasteiger partial charge >= 0.3 is 9.28 Å². The number of alkyl halides is 1. The van der Waals surface area contributed by atoms with E-state index in [0.29, 0.717) is 10.4 Å². The van der Waals surface area contributed by atoms with Gasteiger partial charge in [0.15, 0.2) is 0 Å². The third-order valence-electron chi connectivity index (χ3n) is 5.15. The summed E-state index contributed by atoms with van der Waals surface area (Å²) in [7, 11) is 2.16. The third kappa shape index (κ3) is 2.95. The molecule has 0 saturated heterocycles. The van der Waals surface area contributed by atoms with Gasteiger partial charge in [0.05, 0.1) is 0 Å². The Morgan fingerprint density at radius 1 is 0.944 bits per heavy atom. The van der Waals surface area contributed by atoms with Crippen molar-refractivity contribution in [3.8, 4) is 0 Å². The van der Waals surface area contributed by atoms with E-state index in [9.17, 15) is 0 Å². The predicted molar refractivity (Wildman–Crippen MR) is 78.5 cm³/mol. The van der Waals surface area contributed by atoms with Gasteiger partial charge in [-0.3, -0.25) is 0 Å². The van der Waals surface area contributed by atoms with E-state index in [1.807, 2.05) is 14.2 Å². The Morgan fingerprint density at radius 2 is 1.50 bits per heavy atom. The van der Waals surface area contributed by atoms with Crippen molar-refractivity contribution in [3.05, 3.63) is 0 Å². The lowest BCUT2D eigenvalue weighted by molar-refractivity contribution is 0.142. The summed E-state index contributed by atoms with van der Waals surface area (Å²) in [5.74, 6) is 0.796. The number of hydrogen-bond donors (Lipinski definition) is 0. The summed E-state index contributed by atoms with van der Waals surface area (Å²) in [4.78, 5) is 0. The second kappa shape index (κ2) is 6.73. The van der Waals surface area contributed by atoms with E-state index >= 15 is 0 Å². The van der Waals surface area contributed by atoms with Crippen LogP contribution in [0.3, 0.4) is 0 Å². The van der Waals surface area contributed by atoms with Crippen LogP contribution in [-0.2, 0) is 8.85 Å². The van der Waals surface area contributed by atoms with Gasteiger partial charge in [0.1, 0.15) is 0 Å². The second-order valence-corrected chi connectivity index (χ2v) is 9.42. The van der Waals surface area contributed by atoms with Gasteiger partial charge in [0, 0.05) is 24.6 Å². The van der Waals surface area contributed by atoms with Crippen LogP contribution in [0.4, 0.5) is 0 Å². The molecule has 0 N–H and O–H groups in total. The molecule has 0 heterocycles. The molecule has 0 spiro atoms. The molecule has 0 aromatic heterocycles. The fourth-order valence-corrected chi connectivity index (χ4v) is 7.22. The molecule has 106 valence electrons. The van der Waals surface area contributed by atoms with Crippen molar-refractivity contribution in [2.24, 2.45) is 5.92 Å². The maximum absolute atomic E-state index is 6.26. The van der Waals surface area contributed by atoms with Gasteiger partial charge in [0.2, 0.25) is 0 Å². The second-order valence-electron chi connectivity index (χ2n) is 6.05. The van der Waals surface area contributed by atoms with E-state index in [0.717, 1.165) is 5.92 Å². The zero-order valence-corrected chi connectivity index (χ0v) is 13.7. The van der Waals surface area contributed by atoms with Crippen LogP contribution in [0.5, 0.6) is 0 Å². The SMILES string of the molecule is CO[SiH](OC)C1(C2CCC(Cl)CC2)CCCCC1. The molecule has 0 amide bonds. The Hall–Kier alpha value is 0.427. The molecule has 0 atom stereocenters. The van der Waals surface area contributed by atoms with Crippen molar-refractivity contribution in [1.29, 1.82) is 0 Å². The van der Waals surface area contributed by atoms with Crippen LogP contribution in [0.2, 0.25) is 5.04 Å². The molecular formula is C14H27ClO2Si. The highest BCUT2D eigenvalue weighted by molar-refractivity contribution is 6.48. The molecule has 0 aromatic rings. The molecule has 0 unspecified atom stereocenters. The monoisotopic (exact) mass is 290 g/mol. The van der Waals surface area contributed by atoms with E-state index in [4.69, 9.17) is 20.5 Å². The zero-order valence-electron chi connectivity index (χ0n) is 11.8. The van der Waals surface area contributed by atoms with E-state index in [1.54, 1.807) is 0 Å². The molecule has 0 aromatic carbocycles. The van der Waals surface area contributed by atoms with Crippen LogP contribution in [0.25, 0.3) is 0 Å². The Balaban J connectivity index is 2.13. The lowest BCUT2D eigenvalue weighted by Crippen LogP contribution is -2.44. The molecule has 2 nitrogen and oxygen atoms in total. The molecule has 0 radical (unpaired) electrons. The zero-order chi connectivity index (χ0) is 13.0. The third-order valence-corrected chi connectivity index (χ3v) is 8.43. The maximum atomic E-state index is 6.26. The molecule has 2 rings (SSSR count). The Bertz CT molecular complexity index is 244. The number of rotatable bonds is 4. The topological polar surface area (TPSA) is 18.5 Å². The summed E-state index contributed by atoms with van der Waals surface area (Å²) in [5.41, 5.74) is 0.